The van der Waals surface area contributed by atoms with Crippen molar-refractivity contribution in [3.05, 3.63) is 83.4 Å². The molecule has 0 bridgehead atoms. The molecule has 2 heterocycles. The van der Waals surface area contributed by atoms with Crippen LogP contribution in [-0.4, -0.2) is 120 Å². The van der Waals surface area contributed by atoms with Crippen molar-refractivity contribution in [1.29, 1.82) is 0 Å². The van der Waals surface area contributed by atoms with Crippen LogP contribution in [0.1, 0.15) is 74.2 Å². The van der Waals surface area contributed by atoms with Gasteiger partial charge in [0.1, 0.15) is 17.9 Å². The number of hydrogen-bond acceptors (Lipinski definition) is 15. The van der Waals surface area contributed by atoms with E-state index in [1.54, 1.807) is 49.5 Å². The number of hydrogen-bond donors (Lipinski definition) is 1. The first-order valence-corrected chi connectivity index (χ1v) is 21.3. The molecule has 18 nitrogen and oxygen atoms in total. The number of amides is 4. The van der Waals surface area contributed by atoms with Crippen LogP contribution >= 0.6 is 0 Å². The second-order valence-corrected chi connectivity index (χ2v) is 15.0. The van der Waals surface area contributed by atoms with Gasteiger partial charge in [0.2, 0.25) is 11.7 Å². The summed E-state index contributed by atoms with van der Waals surface area (Å²) in [5.41, 5.74) is 2.20. The van der Waals surface area contributed by atoms with E-state index in [4.69, 9.17) is 42.7 Å². The molecule has 1 N–H and O–H groups in total. The number of hydroxylamine groups is 2. The van der Waals surface area contributed by atoms with E-state index in [2.05, 4.69) is 5.32 Å². The third kappa shape index (κ3) is 13.1. The van der Waals surface area contributed by atoms with E-state index in [9.17, 15) is 28.8 Å². The van der Waals surface area contributed by atoms with Gasteiger partial charge < -0.3 is 52.9 Å². The molecule has 18 heteroatoms. The van der Waals surface area contributed by atoms with Gasteiger partial charge in [0.05, 0.1) is 61.1 Å². The highest BCUT2D eigenvalue weighted by Gasteiger charge is 2.38. The summed E-state index contributed by atoms with van der Waals surface area (Å²) in [6, 6.07) is 15.2. The molecule has 3 atom stereocenters. The van der Waals surface area contributed by atoms with E-state index in [0.717, 1.165) is 30.6 Å². The van der Waals surface area contributed by atoms with Gasteiger partial charge in [-0.05, 0) is 91.6 Å². The molecule has 3 aromatic rings. The maximum Gasteiger partial charge on any atom is 0.335 e. The minimum atomic E-state index is -0.833. The monoisotopic (exact) mass is 903 g/mol. The summed E-state index contributed by atoms with van der Waals surface area (Å²) in [6.07, 6.45) is 4.18. The normalized spacial score (nSPS) is 15.4. The molecular weight excluding hydrogens is 847 g/mol. The number of rotatable bonds is 24. The predicted octanol–water partition coefficient (Wildman–Crippen LogP) is 4.81. The molecule has 5 rings (SSSR count). The third-order valence-electron chi connectivity index (χ3n) is 10.8. The smallest absolute Gasteiger partial charge is 0.335 e. The Morgan fingerprint density at radius 2 is 1.49 bits per heavy atom. The highest BCUT2D eigenvalue weighted by molar-refractivity contribution is 6.12. The van der Waals surface area contributed by atoms with Crippen LogP contribution in [0.4, 0.5) is 0 Å². The summed E-state index contributed by atoms with van der Waals surface area (Å²) in [5.74, 6) is -1.37. The van der Waals surface area contributed by atoms with Crippen molar-refractivity contribution in [2.24, 2.45) is 0 Å². The van der Waals surface area contributed by atoms with Crippen LogP contribution in [0.25, 0.3) is 0 Å². The number of nitrogens with zero attached hydrogens (tertiary/aromatic N) is 2. The molecule has 0 unspecified atom stereocenters. The Morgan fingerprint density at radius 3 is 2.15 bits per heavy atom. The first-order valence-electron chi connectivity index (χ1n) is 21.3. The minimum absolute atomic E-state index is 0.0667. The Hall–Kier alpha value is -6.82. The minimum Gasteiger partial charge on any atom is -0.493 e. The van der Waals surface area contributed by atoms with Crippen molar-refractivity contribution in [3.63, 3.8) is 0 Å². The first kappa shape index (κ1) is 49.2. The Morgan fingerprint density at radius 1 is 0.785 bits per heavy atom. The zero-order valence-corrected chi connectivity index (χ0v) is 37.6. The largest absolute Gasteiger partial charge is 0.493 e. The number of carbonyl (C=O) groups excluding carboxylic acids is 6. The SMILES string of the molecule is CC[C@H](C(=O)N1CCCC[C@H]1C(=O)O[C@H](CCc1ccc(OC)c(OC)c1)c1cccc(OCC(=O)NCCOCCC(=O)ON2C(=O)C=CC2=O)c1)c1cc(OC)c(OC)c(OC)c1. The number of ether oxygens (including phenoxy) is 8. The van der Waals surface area contributed by atoms with E-state index in [1.807, 2.05) is 31.2 Å². The van der Waals surface area contributed by atoms with Crippen LogP contribution in [0.5, 0.6) is 34.5 Å². The Balaban J connectivity index is 1.24. The number of esters is 1. The summed E-state index contributed by atoms with van der Waals surface area (Å²) in [7, 11) is 7.66. The van der Waals surface area contributed by atoms with Crippen molar-refractivity contribution in [2.45, 2.75) is 69.9 Å². The maximum atomic E-state index is 14.4. The van der Waals surface area contributed by atoms with Crippen LogP contribution in [0.3, 0.4) is 0 Å². The Kier molecular flexibility index (Phi) is 18.4. The number of nitrogens with one attached hydrogen (secondary N) is 1. The fourth-order valence-electron chi connectivity index (χ4n) is 7.49. The average molecular weight is 904 g/mol. The van der Waals surface area contributed by atoms with E-state index in [0.29, 0.717) is 82.9 Å². The van der Waals surface area contributed by atoms with E-state index in [1.165, 1.54) is 21.3 Å². The predicted molar refractivity (Wildman–Crippen MR) is 233 cm³/mol. The van der Waals surface area contributed by atoms with Crippen molar-refractivity contribution in [1.82, 2.24) is 15.3 Å². The summed E-state index contributed by atoms with van der Waals surface area (Å²) >= 11 is 0. The fraction of sp³-hybridized carbons (Fsp3) is 0.447. The van der Waals surface area contributed by atoms with Gasteiger partial charge in [-0.2, -0.15) is 0 Å². The van der Waals surface area contributed by atoms with Crippen molar-refractivity contribution < 1.29 is 71.5 Å². The number of aryl methyl sites for hydroxylation is 1. The van der Waals surface area contributed by atoms with Gasteiger partial charge >= 0.3 is 11.9 Å². The summed E-state index contributed by atoms with van der Waals surface area (Å²) in [5, 5.41) is 3.03. The third-order valence-corrected chi connectivity index (χ3v) is 10.8. The van der Waals surface area contributed by atoms with Gasteiger partial charge in [-0.15, -0.1) is 0 Å². The number of imide groups is 1. The van der Waals surface area contributed by atoms with Crippen LogP contribution in [-0.2, 0) is 49.5 Å². The van der Waals surface area contributed by atoms with Crippen LogP contribution in [0.2, 0.25) is 0 Å². The Labute approximate surface area is 377 Å². The van der Waals surface area contributed by atoms with E-state index < -0.39 is 47.7 Å². The summed E-state index contributed by atoms with van der Waals surface area (Å²) < 4.78 is 45.1. The molecule has 2 aliphatic rings. The topological polar surface area (TPSA) is 204 Å². The molecule has 2 aliphatic heterocycles. The number of likely N-dealkylation sites (tertiary alicyclic amines) is 1. The lowest BCUT2D eigenvalue weighted by Gasteiger charge is -2.37. The second kappa shape index (κ2) is 24.3. The van der Waals surface area contributed by atoms with Gasteiger partial charge in [-0.3, -0.25) is 19.2 Å². The van der Waals surface area contributed by atoms with Crippen LogP contribution in [0.15, 0.2) is 66.7 Å². The molecular formula is C47H57N3O15. The molecule has 1 saturated heterocycles. The van der Waals surface area contributed by atoms with Gasteiger partial charge in [-0.1, -0.05) is 30.2 Å². The fourth-order valence-corrected chi connectivity index (χ4v) is 7.49. The van der Waals surface area contributed by atoms with Crippen LogP contribution in [0, 0.1) is 0 Å². The van der Waals surface area contributed by atoms with Gasteiger partial charge in [-0.25, -0.2) is 9.59 Å². The molecule has 350 valence electrons. The quantitative estimate of drug-likeness (QED) is 0.0729. The number of methoxy groups -OCH3 is 5. The highest BCUT2D eigenvalue weighted by atomic mass is 16.7. The molecule has 1 fully saturated rings. The zero-order valence-electron chi connectivity index (χ0n) is 37.6. The van der Waals surface area contributed by atoms with Crippen molar-refractivity contribution in [2.75, 3.05) is 68.5 Å². The molecule has 0 aliphatic carbocycles. The average Bonchev–Trinajstić information content (AvgIpc) is 3.64. The lowest BCUT2D eigenvalue weighted by atomic mass is 9.91. The standard InChI is InChI=1S/C47H57N3O15/c1-7-34(32-27-39(59-4)45(61-6)40(28-32)60-5)46(55)49-22-9-8-13-35(49)47(56)64-36(16-14-30-15-17-37(57-2)38(25-30)58-3)31-11-10-12-33(26-31)63-29-41(51)48-21-24-62-23-20-44(54)65-50-42(52)18-19-43(50)53/h10-12,15,17-19,25-28,34-36H,7-9,13-14,16,20-24,29H2,1-6H3,(H,48,51)/t34-,35-,36+/m0/s1. The van der Waals surface area contributed by atoms with Crippen molar-refractivity contribution in [3.8, 4) is 34.5 Å². The lowest BCUT2D eigenvalue weighted by Crippen LogP contribution is -2.50. The first-order chi connectivity index (χ1) is 31.4. The zero-order chi connectivity index (χ0) is 46.9. The van der Waals surface area contributed by atoms with E-state index >= 15 is 0 Å². The molecule has 3 aromatic carbocycles. The number of piperidine rings is 1. The molecule has 0 aromatic heterocycles. The van der Waals surface area contributed by atoms with E-state index in [-0.39, 0.29) is 38.7 Å². The number of carbonyl (C=O) groups is 6. The summed E-state index contributed by atoms with van der Waals surface area (Å²) in [4.78, 5) is 82.9. The molecule has 0 saturated carbocycles. The van der Waals surface area contributed by atoms with Gasteiger partial charge in [0.15, 0.2) is 29.6 Å². The van der Waals surface area contributed by atoms with Gasteiger partial charge in [0, 0.05) is 25.2 Å². The molecule has 65 heavy (non-hydrogen) atoms. The molecule has 0 spiro atoms. The van der Waals surface area contributed by atoms with Gasteiger partial charge in [0.25, 0.3) is 17.7 Å². The molecule has 4 amide bonds. The lowest BCUT2D eigenvalue weighted by molar-refractivity contribution is -0.196. The van der Waals surface area contributed by atoms with Crippen molar-refractivity contribution >= 4 is 35.6 Å². The number of benzene rings is 3. The summed E-state index contributed by atoms with van der Waals surface area (Å²) in [6.45, 7) is 2.07. The Bertz CT molecular complexity index is 2150. The maximum absolute atomic E-state index is 14.4. The van der Waals surface area contributed by atoms with Crippen LogP contribution < -0.4 is 33.7 Å². The highest BCUT2D eigenvalue weighted by Crippen LogP contribution is 2.41. The molecule has 0 radical (unpaired) electrons. The second-order valence-electron chi connectivity index (χ2n) is 15.0.